The lowest BCUT2D eigenvalue weighted by Crippen LogP contribution is -2.27. The van der Waals surface area contributed by atoms with Gasteiger partial charge in [0.05, 0.1) is 0 Å². The van der Waals surface area contributed by atoms with Crippen LogP contribution in [0.5, 0.6) is 0 Å². The van der Waals surface area contributed by atoms with Crippen molar-refractivity contribution < 1.29 is 4.79 Å². The van der Waals surface area contributed by atoms with Crippen LogP contribution in [0.4, 0.5) is 0 Å². The van der Waals surface area contributed by atoms with E-state index < -0.39 is 0 Å². The zero-order valence-electron chi connectivity index (χ0n) is 8.83. The van der Waals surface area contributed by atoms with Crippen molar-refractivity contribution in [1.82, 2.24) is 0 Å². The predicted octanol–water partition coefficient (Wildman–Crippen LogP) is 4.06. The summed E-state index contributed by atoms with van der Waals surface area (Å²) in [6, 6.07) is 2.14. The molecule has 1 aromatic rings. The van der Waals surface area contributed by atoms with E-state index in [0.29, 0.717) is 5.92 Å². The Balaban J connectivity index is 2.18. The standard InChI is InChI=1S/C12H15BrOS/c1-9-3-2-4-12(9,8-14)6-11-5-10(13)7-15-11/h5,7-9H,2-4,6H2,1H3. The number of aldehydes is 1. The summed E-state index contributed by atoms with van der Waals surface area (Å²) in [4.78, 5) is 12.7. The van der Waals surface area contributed by atoms with E-state index in [2.05, 4.69) is 34.3 Å². The van der Waals surface area contributed by atoms with E-state index in [9.17, 15) is 4.79 Å². The smallest absolute Gasteiger partial charge is 0.126 e. The molecule has 1 heterocycles. The van der Waals surface area contributed by atoms with Crippen LogP contribution in [0, 0.1) is 11.3 Å². The number of rotatable bonds is 3. The monoisotopic (exact) mass is 286 g/mol. The molecule has 82 valence electrons. The number of carbonyl (C=O) groups is 1. The average Bonchev–Trinajstić information content (AvgIpc) is 2.76. The first kappa shape index (κ1) is 11.3. The maximum atomic E-state index is 11.3. The zero-order chi connectivity index (χ0) is 10.9. The summed E-state index contributed by atoms with van der Waals surface area (Å²) in [5.41, 5.74) is -0.0791. The van der Waals surface area contributed by atoms with Crippen molar-refractivity contribution in [3.05, 3.63) is 20.8 Å². The fourth-order valence-corrected chi connectivity index (χ4v) is 4.11. The molecular formula is C12H15BrOS. The van der Waals surface area contributed by atoms with E-state index in [0.717, 1.165) is 17.3 Å². The molecule has 0 saturated heterocycles. The van der Waals surface area contributed by atoms with E-state index in [1.54, 1.807) is 11.3 Å². The van der Waals surface area contributed by atoms with Crippen LogP contribution in [0.3, 0.4) is 0 Å². The Morgan fingerprint density at radius 2 is 2.53 bits per heavy atom. The third-order valence-corrected chi connectivity index (χ3v) is 5.32. The summed E-state index contributed by atoms with van der Waals surface area (Å²) in [5.74, 6) is 0.538. The van der Waals surface area contributed by atoms with Gasteiger partial charge < -0.3 is 4.79 Å². The van der Waals surface area contributed by atoms with Gasteiger partial charge in [0, 0.05) is 20.1 Å². The molecule has 0 amide bonds. The highest BCUT2D eigenvalue weighted by atomic mass is 79.9. The van der Waals surface area contributed by atoms with Crippen LogP contribution in [0.15, 0.2) is 15.9 Å². The van der Waals surface area contributed by atoms with Gasteiger partial charge in [0.15, 0.2) is 0 Å². The normalized spacial score (nSPS) is 30.7. The van der Waals surface area contributed by atoms with Crippen LogP contribution in [0.25, 0.3) is 0 Å². The molecule has 0 bridgehead atoms. The minimum Gasteiger partial charge on any atom is -0.303 e. The molecule has 1 nitrogen and oxygen atoms in total. The first-order chi connectivity index (χ1) is 7.16. The molecule has 2 atom stereocenters. The molecule has 0 N–H and O–H groups in total. The van der Waals surface area contributed by atoms with Gasteiger partial charge in [-0.3, -0.25) is 0 Å². The SMILES string of the molecule is CC1CCCC1(C=O)Cc1cc(Br)cs1. The molecule has 0 radical (unpaired) electrons. The zero-order valence-corrected chi connectivity index (χ0v) is 11.2. The summed E-state index contributed by atoms with van der Waals surface area (Å²) in [5, 5.41) is 2.09. The first-order valence-electron chi connectivity index (χ1n) is 5.35. The molecule has 2 unspecified atom stereocenters. The highest BCUT2D eigenvalue weighted by Gasteiger charge is 2.40. The Bertz CT molecular complexity index is 360. The van der Waals surface area contributed by atoms with Crippen molar-refractivity contribution in [3.8, 4) is 0 Å². The Labute approximate surface area is 103 Å². The lowest BCUT2D eigenvalue weighted by Gasteiger charge is -2.26. The summed E-state index contributed by atoms with van der Waals surface area (Å²) in [7, 11) is 0. The van der Waals surface area contributed by atoms with Crippen molar-refractivity contribution in [2.45, 2.75) is 32.6 Å². The fourth-order valence-electron chi connectivity index (χ4n) is 2.52. The first-order valence-corrected chi connectivity index (χ1v) is 7.03. The molecule has 0 spiro atoms. The van der Waals surface area contributed by atoms with Crippen molar-refractivity contribution in [2.75, 3.05) is 0 Å². The molecule has 2 rings (SSSR count). The van der Waals surface area contributed by atoms with Crippen molar-refractivity contribution in [1.29, 1.82) is 0 Å². The minimum absolute atomic E-state index is 0.0791. The third-order valence-electron chi connectivity index (χ3n) is 3.62. The van der Waals surface area contributed by atoms with Crippen LogP contribution in [-0.2, 0) is 11.2 Å². The molecule has 15 heavy (non-hydrogen) atoms. The molecule has 1 aliphatic carbocycles. The lowest BCUT2D eigenvalue weighted by molar-refractivity contribution is -0.117. The van der Waals surface area contributed by atoms with Gasteiger partial charge in [0.1, 0.15) is 6.29 Å². The number of carbonyl (C=O) groups excluding carboxylic acids is 1. The molecule has 1 aromatic heterocycles. The summed E-state index contributed by atoms with van der Waals surface area (Å²) >= 11 is 5.20. The van der Waals surface area contributed by atoms with E-state index in [4.69, 9.17) is 0 Å². The summed E-state index contributed by atoms with van der Waals surface area (Å²) < 4.78 is 1.13. The van der Waals surface area contributed by atoms with Crippen LogP contribution < -0.4 is 0 Å². The maximum Gasteiger partial charge on any atom is 0.126 e. The Hall–Kier alpha value is -0.150. The van der Waals surface area contributed by atoms with Gasteiger partial charge in [0.25, 0.3) is 0 Å². The Morgan fingerprint density at radius 1 is 1.73 bits per heavy atom. The van der Waals surface area contributed by atoms with E-state index in [1.165, 1.54) is 24.0 Å². The van der Waals surface area contributed by atoms with Gasteiger partial charge in [0.2, 0.25) is 0 Å². The van der Waals surface area contributed by atoms with Crippen molar-refractivity contribution in [2.24, 2.45) is 11.3 Å². The molecular weight excluding hydrogens is 272 g/mol. The second kappa shape index (κ2) is 4.38. The van der Waals surface area contributed by atoms with Gasteiger partial charge in [-0.15, -0.1) is 11.3 Å². The molecule has 0 aromatic carbocycles. The van der Waals surface area contributed by atoms with Gasteiger partial charge >= 0.3 is 0 Å². The van der Waals surface area contributed by atoms with E-state index in [1.807, 2.05) is 0 Å². The van der Waals surface area contributed by atoms with Crippen LogP contribution in [-0.4, -0.2) is 6.29 Å². The highest BCUT2D eigenvalue weighted by Crippen LogP contribution is 2.44. The Kier molecular flexibility index (Phi) is 3.31. The van der Waals surface area contributed by atoms with Crippen molar-refractivity contribution >= 4 is 33.6 Å². The van der Waals surface area contributed by atoms with Gasteiger partial charge in [-0.2, -0.15) is 0 Å². The average molecular weight is 287 g/mol. The van der Waals surface area contributed by atoms with Gasteiger partial charge in [-0.25, -0.2) is 0 Å². The topological polar surface area (TPSA) is 17.1 Å². The second-order valence-electron chi connectivity index (χ2n) is 4.55. The van der Waals surface area contributed by atoms with Crippen LogP contribution in [0.1, 0.15) is 31.1 Å². The van der Waals surface area contributed by atoms with Gasteiger partial charge in [-0.1, -0.05) is 13.3 Å². The van der Waals surface area contributed by atoms with Crippen LogP contribution >= 0.6 is 27.3 Å². The number of hydrogen-bond donors (Lipinski definition) is 0. The molecule has 1 saturated carbocycles. The minimum atomic E-state index is -0.0791. The molecule has 1 aliphatic rings. The largest absolute Gasteiger partial charge is 0.303 e. The second-order valence-corrected chi connectivity index (χ2v) is 6.46. The summed E-state index contributed by atoms with van der Waals surface area (Å²) in [6.45, 7) is 2.21. The Morgan fingerprint density at radius 3 is 3.00 bits per heavy atom. The quantitative estimate of drug-likeness (QED) is 0.766. The molecule has 0 aliphatic heterocycles. The van der Waals surface area contributed by atoms with Crippen molar-refractivity contribution in [3.63, 3.8) is 0 Å². The fraction of sp³-hybridized carbons (Fsp3) is 0.583. The van der Waals surface area contributed by atoms with E-state index >= 15 is 0 Å². The van der Waals surface area contributed by atoms with E-state index in [-0.39, 0.29) is 5.41 Å². The van der Waals surface area contributed by atoms with Gasteiger partial charge in [-0.05, 0) is 47.2 Å². The number of hydrogen-bond acceptors (Lipinski definition) is 2. The number of thiophene rings is 1. The maximum absolute atomic E-state index is 11.3. The number of halogens is 1. The molecule has 1 fully saturated rings. The predicted molar refractivity (Wildman–Crippen MR) is 67.2 cm³/mol. The molecule has 3 heteroatoms. The summed E-state index contributed by atoms with van der Waals surface area (Å²) in [6.07, 6.45) is 5.59. The van der Waals surface area contributed by atoms with Crippen LogP contribution in [0.2, 0.25) is 0 Å². The third kappa shape index (κ3) is 2.18. The highest BCUT2D eigenvalue weighted by molar-refractivity contribution is 9.10. The lowest BCUT2D eigenvalue weighted by atomic mass is 9.77.